The van der Waals surface area contributed by atoms with Gasteiger partial charge in [0.05, 0.1) is 4.88 Å². The Bertz CT molecular complexity index is 859. The van der Waals surface area contributed by atoms with E-state index in [2.05, 4.69) is 18.8 Å². The van der Waals surface area contributed by atoms with Gasteiger partial charge >= 0.3 is 16.3 Å². The molecule has 0 saturated heterocycles. The third-order valence-corrected chi connectivity index (χ3v) is 7.56. The number of nitrogens with two attached hydrogens (primary N) is 1. The van der Waals surface area contributed by atoms with E-state index in [1.165, 1.54) is 11.3 Å². The van der Waals surface area contributed by atoms with E-state index in [1.807, 2.05) is 11.5 Å². The molecule has 12 nitrogen and oxygen atoms in total. The van der Waals surface area contributed by atoms with Gasteiger partial charge in [-0.1, -0.05) is 11.3 Å². The molecular weight excluding hydrogens is 446 g/mol. The number of hydrogen-bond acceptors (Lipinski definition) is 11. The predicted octanol–water partition coefficient (Wildman–Crippen LogP) is -1.83. The highest BCUT2D eigenvalue weighted by molar-refractivity contribution is 7.66. The number of H-pyrrole nitrogens is 1. The maximum Gasteiger partial charge on any atom is 0.434 e. The molecule has 0 aliphatic carbocycles. The van der Waals surface area contributed by atoms with Crippen molar-refractivity contribution in [3.8, 4) is 0 Å². The lowest BCUT2D eigenvalue weighted by Crippen LogP contribution is -2.41. The highest BCUT2D eigenvalue weighted by Crippen LogP contribution is 2.62. The number of phosphoric acid groups is 2. The Balaban J connectivity index is 2.17. The summed E-state index contributed by atoms with van der Waals surface area (Å²) in [5.74, 6) is 1.02. The van der Waals surface area contributed by atoms with Gasteiger partial charge in [0.1, 0.15) is 24.5 Å². The first-order valence-electron chi connectivity index (χ1n) is 8.37. The van der Waals surface area contributed by atoms with Crippen LogP contribution < -0.4 is 25.1 Å². The molecule has 29 heavy (non-hydrogen) atoms. The molecule has 2 rings (SSSR count). The molecule has 7 N–H and O–H groups in total. The number of hydrogen-bond donors (Lipinski definition) is 5. The molecule has 0 radical (unpaired) electrons. The van der Waals surface area contributed by atoms with Crippen molar-refractivity contribution in [2.24, 2.45) is 0 Å². The van der Waals surface area contributed by atoms with Gasteiger partial charge in [-0.25, -0.2) is 4.98 Å². The van der Waals surface area contributed by atoms with Gasteiger partial charge in [-0.15, -0.1) is 0 Å². The normalized spacial score (nSPS) is 15.3. The lowest BCUT2D eigenvalue weighted by molar-refractivity contribution is -0.700. The minimum Gasteiger partial charge on any atom is -0.603 e. The summed E-state index contributed by atoms with van der Waals surface area (Å²) in [5.41, 5.74) is 7.47. The van der Waals surface area contributed by atoms with Crippen LogP contribution in [-0.2, 0) is 21.8 Å². The summed E-state index contributed by atoms with van der Waals surface area (Å²) in [4.78, 5) is 56.7. The first-order valence-corrected chi connectivity index (χ1v) is 12.2. The molecule has 0 aliphatic rings. The van der Waals surface area contributed by atoms with E-state index in [0.29, 0.717) is 23.2 Å². The van der Waals surface area contributed by atoms with Gasteiger partial charge in [0, 0.05) is 24.6 Å². The minimum atomic E-state index is -5.17. The van der Waals surface area contributed by atoms with Gasteiger partial charge in [0.25, 0.3) is 16.6 Å². The molecule has 0 aromatic carbocycles. The Kier molecular flexibility index (Phi) is 7.93. The number of thiazole rings is 1. The van der Waals surface area contributed by atoms with E-state index in [4.69, 9.17) is 15.5 Å². The zero-order valence-electron chi connectivity index (χ0n) is 16.0. The second-order valence-corrected chi connectivity index (χ2v) is 10.2. The van der Waals surface area contributed by atoms with Gasteiger partial charge in [0.2, 0.25) is 0 Å². The molecule has 0 saturated carbocycles. The number of aromatic amines is 1. The van der Waals surface area contributed by atoms with Crippen LogP contribution in [0.25, 0.3) is 0 Å². The number of phosphoric ester groups is 1. The summed E-state index contributed by atoms with van der Waals surface area (Å²) < 4.78 is 10.2. The smallest absolute Gasteiger partial charge is 0.434 e. The number of nitrogens with zero attached hydrogens (tertiary/aromatic N) is 2. The topological polar surface area (TPSA) is 202 Å². The Morgan fingerprint density at radius 2 is 2.00 bits per heavy atom. The van der Waals surface area contributed by atoms with Gasteiger partial charge in [-0.2, -0.15) is 23.8 Å². The summed E-state index contributed by atoms with van der Waals surface area (Å²) in [6.07, 6.45) is 1.11. The van der Waals surface area contributed by atoms with E-state index in [9.17, 15) is 19.8 Å². The lowest BCUT2D eigenvalue weighted by Gasteiger charge is -2.20. The maximum atomic E-state index is 11.5. The molecule has 0 bridgehead atoms. The Labute approximate surface area is 172 Å². The molecule has 0 spiro atoms. The average molecular weight is 470 g/mol. The molecule has 2 heterocycles. The van der Waals surface area contributed by atoms with Crippen LogP contribution in [0.3, 0.4) is 0 Å². The zero-order chi connectivity index (χ0) is 22.0. The van der Waals surface area contributed by atoms with Crippen LogP contribution in [0.15, 0.2) is 6.20 Å². The zero-order valence-corrected chi connectivity index (χ0v) is 18.6. The van der Waals surface area contributed by atoms with Crippen LogP contribution >= 0.6 is 27.7 Å². The largest absolute Gasteiger partial charge is 0.603 e. The Morgan fingerprint density at radius 1 is 1.34 bits per heavy atom. The summed E-state index contributed by atoms with van der Waals surface area (Å²) in [5, 5.41) is 10.8. The number of aliphatic hydroxyl groups excluding tert-OH is 1. The first kappa shape index (κ1) is 24.3. The van der Waals surface area contributed by atoms with Crippen molar-refractivity contribution in [3.05, 3.63) is 33.2 Å². The molecule has 2 unspecified atom stereocenters. The number of aryl methyl sites for hydroxylation is 1. The average Bonchev–Trinajstić information content (AvgIpc) is 2.84. The number of nitrogen functional groups attached to an aromatic ring is 1. The number of aliphatic hydroxyl groups is 1. The monoisotopic (exact) mass is 470 g/mol. The van der Waals surface area contributed by atoms with Gasteiger partial charge in [-0.05, 0) is 11.9 Å². The Morgan fingerprint density at radius 3 is 2.55 bits per heavy atom. The van der Waals surface area contributed by atoms with Crippen LogP contribution in [0.2, 0.25) is 0 Å². The Hall–Kier alpha value is -0.950. The van der Waals surface area contributed by atoms with Gasteiger partial charge in [-0.3, -0.25) is 0 Å². The SMILES string of the molecule is Cc1nc(N)c(C[n+]2c(C(C)O)sc(CCO[P+]([O-])(O)O[P+]([O-])(O)O)c2C)c[nH+]1. The number of aromatic nitrogens is 3. The summed E-state index contributed by atoms with van der Waals surface area (Å²) in [6, 6.07) is 0. The highest BCUT2D eigenvalue weighted by atomic mass is 32.1. The van der Waals surface area contributed by atoms with Crippen LogP contribution in [0.4, 0.5) is 5.82 Å². The molecule has 0 amide bonds. The fourth-order valence-corrected chi connectivity index (χ4v) is 5.33. The first-order chi connectivity index (χ1) is 13.3. The summed E-state index contributed by atoms with van der Waals surface area (Å²) in [6.45, 7) is 5.22. The molecule has 0 aliphatic heterocycles. The second kappa shape index (κ2) is 9.46. The lowest BCUT2D eigenvalue weighted by atomic mass is 10.2. The molecule has 15 heteroatoms. The van der Waals surface area contributed by atoms with Crippen molar-refractivity contribution in [1.29, 1.82) is 0 Å². The molecular formula is C14H24N4O8P2S+2. The van der Waals surface area contributed by atoms with E-state index in [-0.39, 0.29) is 13.0 Å². The molecule has 0 fully saturated rings. The third-order valence-electron chi connectivity index (χ3n) is 3.85. The number of anilines is 1. The van der Waals surface area contributed by atoms with Gasteiger partial charge < -0.3 is 20.6 Å². The number of rotatable bonds is 9. The van der Waals surface area contributed by atoms with E-state index >= 15 is 0 Å². The van der Waals surface area contributed by atoms with Gasteiger partial charge in [0.15, 0.2) is 12.2 Å². The van der Waals surface area contributed by atoms with Crippen molar-refractivity contribution in [2.45, 2.75) is 39.8 Å². The minimum absolute atomic E-state index is 0.159. The van der Waals surface area contributed by atoms with Crippen LogP contribution in [-0.4, -0.2) is 31.4 Å². The fraction of sp³-hybridized carbons (Fsp3) is 0.500. The van der Waals surface area contributed by atoms with Crippen molar-refractivity contribution < 1.29 is 48.0 Å². The van der Waals surface area contributed by atoms with Crippen molar-refractivity contribution in [1.82, 2.24) is 4.98 Å². The standard InChI is InChI=1S/C14H22N4O8P2S/c1-8-12(4-5-25-28(23,24)26-27(20,21)22)29-14(9(2)19)18(8)7-11-6-16-10(3)17-13(11)15/h6,9,19H,4-5,7H2,1-3H3,(H4-,15,16,17,20,21,22,23,24)/p+2. The third kappa shape index (κ3) is 7.06. The molecule has 2 atom stereocenters. The van der Waals surface area contributed by atoms with Crippen molar-refractivity contribution in [2.75, 3.05) is 12.3 Å². The molecule has 162 valence electrons. The summed E-state index contributed by atoms with van der Waals surface area (Å²) in [7, 11) is -10.1. The fourth-order valence-electron chi connectivity index (χ4n) is 2.57. The molecule has 2 aromatic rings. The van der Waals surface area contributed by atoms with Crippen LogP contribution in [0, 0.1) is 13.8 Å². The summed E-state index contributed by atoms with van der Waals surface area (Å²) >= 11 is 1.28. The number of nitrogens with one attached hydrogen (secondary N) is 1. The van der Waals surface area contributed by atoms with Crippen LogP contribution in [0.5, 0.6) is 0 Å². The van der Waals surface area contributed by atoms with Crippen molar-refractivity contribution >= 4 is 33.5 Å². The van der Waals surface area contributed by atoms with Crippen molar-refractivity contribution in [3.63, 3.8) is 0 Å². The van der Waals surface area contributed by atoms with E-state index < -0.39 is 22.4 Å². The quantitative estimate of drug-likeness (QED) is 0.205. The van der Waals surface area contributed by atoms with E-state index in [0.717, 1.165) is 16.1 Å². The molecule has 2 aromatic heterocycles. The van der Waals surface area contributed by atoms with E-state index in [1.54, 1.807) is 20.0 Å². The predicted molar refractivity (Wildman–Crippen MR) is 100 cm³/mol. The maximum absolute atomic E-state index is 11.5. The highest BCUT2D eigenvalue weighted by Gasteiger charge is 2.43. The second-order valence-electron chi connectivity index (χ2n) is 6.23. The van der Waals surface area contributed by atoms with Crippen LogP contribution in [0.1, 0.15) is 40.0 Å².